The lowest BCUT2D eigenvalue weighted by atomic mass is 10.2. The summed E-state index contributed by atoms with van der Waals surface area (Å²) in [5, 5.41) is 2.62. The molecule has 1 aliphatic rings. The van der Waals surface area contributed by atoms with E-state index in [9.17, 15) is 9.59 Å². The van der Waals surface area contributed by atoms with Gasteiger partial charge >= 0.3 is 6.03 Å². The van der Waals surface area contributed by atoms with E-state index in [4.69, 9.17) is 0 Å². The summed E-state index contributed by atoms with van der Waals surface area (Å²) in [6.07, 6.45) is 9.13. The minimum absolute atomic E-state index is 0.247. The first kappa shape index (κ1) is 14.2. The summed E-state index contributed by atoms with van der Waals surface area (Å²) < 4.78 is 0. The number of hydrogen-bond acceptors (Lipinski definition) is 3. The molecule has 20 heavy (non-hydrogen) atoms. The van der Waals surface area contributed by atoms with Gasteiger partial charge < -0.3 is 5.32 Å². The van der Waals surface area contributed by atoms with Gasteiger partial charge in [0.25, 0.3) is 5.91 Å². The maximum atomic E-state index is 12.1. The molecule has 1 N–H and O–H groups in total. The highest BCUT2D eigenvalue weighted by atomic mass is 16.2. The first-order valence-corrected chi connectivity index (χ1v) is 6.97. The molecule has 5 heteroatoms. The van der Waals surface area contributed by atoms with Crippen LogP contribution >= 0.6 is 0 Å². The molecule has 106 valence electrons. The highest BCUT2D eigenvalue weighted by Gasteiger charge is 2.32. The van der Waals surface area contributed by atoms with Gasteiger partial charge in [-0.15, -0.1) is 0 Å². The van der Waals surface area contributed by atoms with Gasteiger partial charge in [-0.1, -0.05) is 26.2 Å². The third-order valence-electron chi connectivity index (χ3n) is 3.21. The average molecular weight is 273 g/mol. The molecule has 2 heterocycles. The van der Waals surface area contributed by atoms with E-state index in [-0.39, 0.29) is 11.9 Å². The maximum Gasteiger partial charge on any atom is 0.329 e. The lowest BCUT2D eigenvalue weighted by molar-refractivity contribution is -0.122. The molecule has 0 spiro atoms. The van der Waals surface area contributed by atoms with Crippen LogP contribution < -0.4 is 5.32 Å². The fourth-order valence-electron chi connectivity index (χ4n) is 2.10. The highest BCUT2D eigenvalue weighted by Crippen LogP contribution is 2.14. The topological polar surface area (TPSA) is 62.3 Å². The Bertz CT molecular complexity index is 511. The van der Waals surface area contributed by atoms with Crippen LogP contribution in [-0.2, 0) is 4.79 Å². The molecule has 0 atom stereocenters. The standard InChI is InChI=1S/C15H19N3O2/c1-2-3-4-5-10-18-14(19)13(17-15(18)20)11-12-6-8-16-9-7-12/h6-9,11H,2-5,10H2,1H3,(H,17,20)/b13-11-. The van der Waals surface area contributed by atoms with E-state index in [0.29, 0.717) is 12.2 Å². The molecular weight excluding hydrogens is 254 g/mol. The van der Waals surface area contributed by atoms with E-state index in [1.165, 1.54) is 4.90 Å². The highest BCUT2D eigenvalue weighted by molar-refractivity contribution is 6.13. The molecular formula is C15H19N3O2. The molecule has 0 unspecified atom stereocenters. The predicted octanol–water partition coefficient (Wildman–Crippen LogP) is 2.55. The summed E-state index contributed by atoms with van der Waals surface area (Å²) in [5.74, 6) is -0.247. The van der Waals surface area contributed by atoms with Crippen LogP contribution in [0.1, 0.15) is 38.2 Å². The zero-order valence-corrected chi connectivity index (χ0v) is 11.6. The molecule has 0 radical (unpaired) electrons. The molecule has 3 amide bonds. The number of carbonyl (C=O) groups is 2. The van der Waals surface area contributed by atoms with Gasteiger partial charge in [-0.3, -0.25) is 14.7 Å². The smallest absolute Gasteiger partial charge is 0.303 e. The largest absolute Gasteiger partial charge is 0.329 e. The van der Waals surface area contributed by atoms with Crippen molar-refractivity contribution in [3.8, 4) is 0 Å². The Morgan fingerprint density at radius 2 is 1.95 bits per heavy atom. The van der Waals surface area contributed by atoms with E-state index in [2.05, 4.69) is 17.2 Å². The van der Waals surface area contributed by atoms with Crippen LogP contribution in [0, 0.1) is 0 Å². The SMILES string of the molecule is CCCCCCN1C(=O)N/C(=C\c2ccncc2)C1=O. The Morgan fingerprint density at radius 1 is 1.20 bits per heavy atom. The van der Waals surface area contributed by atoms with Crippen molar-refractivity contribution in [2.45, 2.75) is 32.6 Å². The Kier molecular flexibility index (Phi) is 4.87. The normalized spacial score (nSPS) is 16.9. The fraction of sp³-hybridized carbons (Fsp3) is 0.400. The Morgan fingerprint density at radius 3 is 2.65 bits per heavy atom. The molecule has 1 aromatic rings. The summed E-state index contributed by atoms with van der Waals surface area (Å²) in [6, 6.07) is 3.25. The minimum Gasteiger partial charge on any atom is -0.303 e. The molecule has 0 aliphatic carbocycles. The van der Waals surface area contributed by atoms with E-state index >= 15 is 0 Å². The number of nitrogens with zero attached hydrogens (tertiary/aromatic N) is 2. The minimum atomic E-state index is -0.327. The van der Waals surface area contributed by atoms with Crippen LogP contribution in [0.5, 0.6) is 0 Å². The van der Waals surface area contributed by atoms with Crippen molar-refractivity contribution in [1.82, 2.24) is 15.2 Å². The monoisotopic (exact) mass is 273 g/mol. The number of unbranched alkanes of at least 4 members (excludes halogenated alkanes) is 3. The number of urea groups is 1. The van der Waals surface area contributed by atoms with Gasteiger partial charge in [-0.2, -0.15) is 0 Å². The summed E-state index contributed by atoms with van der Waals surface area (Å²) >= 11 is 0. The van der Waals surface area contributed by atoms with E-state index in [0.717, 1.165) is 31.2 Å². The van der Waals surface area contributed by atoms with Gasteiger partial charge in [0.1, 0.15) is 5.70 Å². The van der Waals surface area contributed by atoms with Crippen LogP contribution in [0.3, 0.4) is 0 Å². The number of imide groups is 1. The number of amides is 3. The number of aromatic nitrogens is 1. The van der Waals surface area contributed by atoms with E-state index in [1.807, 2.05) is 0 Å². The molecule has 0 bridgehead atoms. The molecule has 1 aromatic heterocycles. The number of hydrogen-bond donors (Lipinski definition) is 1. The van der Waals surface area contributed by atoms with Gasteiger partial charge in [0.2, 0.25) is 0 Å². The molecule has 5 nitrogen and oxygen atoms in total. The Balaban J connectivity index is 2.00. The second-order valence-electron chi connectivity index (χ2n) is 4.79. The van der Waals surface area contributed by atoms with Crippen molar-refractivity contribution < 1.29 is 9.59 Å². The molecule has 1 aliphatic heterocycles. The number of pyridine rings is 1. The van der Waals surface area contributed by atoms with E-state index in [1.54, 1.807) is 30.6 Å². The predicted molar refractivity (Wildman–Crippen MR) is 76.6 cm³/mol. The van der Waals surface area contributed by atoms with Crippen LogP contribution in [0.4, 0.5) is 4.79 Å². The third kappa shape index (κ3) is 3.44. The average Bonchev–Trinajstić information content (AvgIpc) is 2.72. The summed E-state index contributed by atoms with van der Waals surface area (Å²) in [5.41, 5.74) is 1.17. The van der Waals surface area contributed by atoms with Crippen molar-refractivity contribution in [2.24, 2.45) is 0 Å². The van der Waals surface area contributed by atoms with Crippen LogP contribution in [-0.4, -0.2) is 28.4 Å². The fourth-order valence-corrected chi connectivity index (χ4v) is 2.10. The van der Waals surface area contributed by atoms with Gasteiger partial charge in [0, 0.05) is 18.9 Å². The van der Waals surface area contributed by atoms with Crippen molar-refractivity contribution in [1.29, 1.82) is 0 Å². The van der Waals surface area contributed by atoms with Gasteiger partial charge in [0.05, 0.1) is 0 Å². The third-order valence-corrected chi connectivity index (χ3v) is 3.21. The molecule has 2 rings (SSSR count). The first-order valence-electron chi connectivity index (χ1n) is 6.97. The van der Waals surface area contributed by atoms with Crippen molar-refractivity contribution >= 4 is 18.0 Å². The molecule has 1 fully saturated rings. The Hall–Kier alpha value is -2.17. The van der Waals surface area contributed by atoms with Crippen LogP contribution in [0.25, 0.3) is 6.08 Å². The maximum absolute atomic E-state index is 12.1. The molecule has 0 saturated carbocycles. The lowest BCUT2D eigenvalue weighted by Gasteiger charge is -2.10. The van der Waals surface area contributed by atoms with Crippen molar-refractivity contribution in [3.63, 3.8) is 0 Å². The zero-order chi connectivity index (χ0) is 14.4. The first-order chi connectivity index (χ1) is 9.72. The van der Waals surface area contributed by atoms with Gasteiger partial charge in [-0.05, 0) is 30.2 Å². The van der Waals surface area contributed by atoms with Crippen LogP contribution in [0.2, 0.25) is 0 Å². The van der Waals surface area contributed by atoms with Crippen LogP contribution in [0.15, 0.2) is 30.2 Å². The quantitative estimate of drug-likeness (QED) is 0.492. The zero-order valence-electron chi connectivity index (χ0n) is 11.6. The summed E-state index contributed by atoms with van der Waals surface area (Å²) in [4.78, 5) is 29.1. The van der Waals surface area contributed by atoms with Crippen molar-refractivity contribution in [3.05, 3.63) is 35.8 Å². The summed E-state index contributed by atoms with van der Waals surface area (Å²) in [6.45, 7) is 2.61. The number of rotatable bonds is 6. The van der Waals surface area contributed by atoms with E-state index < -0.39 is 0 Å². The molecule has 0 aromatic carbocycles. The second kappa shape index (κ2) is 6.84. The van der Waals surface area contributed by atoms with Gasteiger partial charge in [-0.25, -0.2) is 4.79 Å². The molecule has 1 saturated heterocycles. The number of nitrogens with one attached hydrogen (secondary N) is 1. The lowest BCUT2D eigenvalue weighted by Crippen LogP contribution is -2.31. The van der Waals surface area contributed by atoms with Gasteiger partial charge in [0.15, 0.2) is 0 Å². The Labute approximate surface area is 118 Å². The summed E-state index contributed by atoms with van der Waals surface area (Å²) in [7, 11) is 0. The second-order valence-corrected chi connectivity index (χ2v) is 4.79. The van der Waals surface area contributed by atoms with Crippen molar-refractivity contribution in [2.75, 3.05) is 6.54 Å². The number of carbonyl (C=O) groups excluding carboxylic acids is 2.